The van der Waals surface area contributed by atoms with Gasteiger partial charge in [-0.3, -0.25) is 9.78 Å². The molecule has 1 fully saturated rings. The first-order valence-corrected chi connectivity index (χ1v) is 8.97. The number of piperidine rings is 1. The fourth-order valence-corrected chi connectivity index (χ4v) is 3.30. The molecule has 132 valence electrons. The number of likely N-dealkylation sites (tertiary alicyclic amines) is 1. The molecule has 2 aromatic heterocycles. The Balaban J connectivity index is 1.75. The predicted octanol–water partition coefficient (Wildman–Crippen LogP) is 3.20. The summed E-state index contributed by atoms with van der Waals surface area (Å²) in [6, 6.07) is 5.98. The number of anilines is 1. The Morgan fingerprint density at radius 2 is 2.24 bits per heavy atom. The van der Waals surface area contributed by atoms with Crippen LogP contribution < -0.4 is 5.32 Å². The summed E-state index contributed by atoms with van der Waals surface area (Å²) in [6.07, 6.45) is 7.90. The van der Waals surface area contributed by atoms with Gasteiger partial charge in [0.15, 0.2) is 0 Å². The molecule has 0 saturated carbocycles. The molecule has 1 unspecified atom stereocenters. The summed E-state index contributed by atoms with van der Waals surface area (Å²) in [6.45, 7) is 5.39. The molecule has 1 saturated heterocycles. The topological polar surface area (TPSA) is 71.0 Å². The number of carbonyl (C=O) groups excluding carboxylic acids is 1. The standard InChI is InChI=1S/C19H25N5O/c1-3-16-8-4-5-10-24(16)19(25)17-11-18(23-14(2)22-17)21-13-15-7-6-9-20-12-15/h6-7,9,11-12,16H,3-5,8,10,13H2,1-2H3,(H,21,22,23). The number of pyridine rings is 1. The Labute approximate surface area is 148 Å². The molecule has 0 aliphatic carbocycles. The number of amides is 1. The number of aromatic nitrogens is 3. The van der Waals surface area contributed by atoms with Crippen LogP contribution in [0.3, 0.4) is 0 Å². The first kappa shape index (κ1) is 17.3. The fourth-order valence-electron chi connectivity index (χ4n) is 3.30. The lowest BCUT2D eigenvalue weighted by Gasteiger charge is -2.35. The highest BCUT2D eigenvalue weighted by Crippen LogP contribution is 2.22. The normalized spacial score (nSPS) is 17.4. The molecule has 1 atom stereocenters. The van der Waals surface area contributed by atoms with Gasteiger partial charge in [0, 0.05) is 37.6 Å². The minimum Gasteiger partial charge on any atom is -0.366 e. The van der Waals surface area contributed by atoms with E-state index < -0.39 is 0 Å². The van der Waals surface area contributed by atoms with E-state index in [0.717, 1.165) is 31.4 Å². The summed E-state index contributed by atoms with van der Waals surface area (Å²) < 4.78 is 0. The maximum absolute atomic E-state index is 12.9. The van der Waals surface area contributed by atoms with Gasteiger partial charge in [0.05, 0.1) is 0 Å². The molecule has 0 aromatic carbocycles. The Bertz CT molecular complexity index is 719. The smallest absolute Gasteiger partial charge is 0.272 e. The Hall–Kier alpha value is -2.50. The third-order valence-electron chi connectivity index (χ3n) is 4.61. The van der Waals surface area contributed by atoms with E-state index in [1.165, 1.54) is 6.42 Å². The number of hydrogen-bond acceptors (Lipinski definition) is 5. The Morgan fingerprint density at radius 1 is 1.36 bits per heavy atom. The van der Waals surface area contributed by atoms with Crippen LogP contribution in [0, 0.1) is 6.92 Å². The molecule has 1 N–H and O–H groups in total. The van der Waals surface area contributed by atoms with Crippen molar-refractivity contribution < 1.29 is 4.79 Å². The molecular weight excluding hydrogens is 314 g/mol. The van der Waals surface area contributed by atoms with E-state index >= 15 is 0 Å². The highest BCUT2D eigenvalue weighted by atomic mass is 16.2. The van der Waals surface area contributed by atoms with Crippen LogP contribution in [0.2, 0.25) is 0 Å². The maximum atomic E-state index is 12.9. The molecule has 1 aliphatic rings. The van der Waals surface area contributed by atoms with Crippen molar-refractivity contribution in [3.05, 3.63) is 47.7 Å². The third-order valence-corrected chi connectivity index (χ3v) is 4.61. The van der Waals surface area contributed by atoms with Crippen LogP contribution in [-0.4, -0.2) is 38.3 Å². The maximum Gasteiger partial charge on any atom is 0.272 e. The lowest BCUT2D eigenvalue weighted by Crippen LogP contribution is -2.43. The number of nitrogens with zero attached hydrogens (tertiary/aromatic N) is 4. The summed E-state index contributed by atoms with van der Waals surface area (Å²) in [4.78, 5) is 27.8. The lowest BCUT2D eigenvalue weighted by molar-refractivity contribution is 0.0601. The zero-order chi connectivity index (χ0) is 17.6. The van der Waals surface area contributed by atoms with E-state index in [0.29, 0.717) is 29.9 Å². The van der Waals surface area contributed by atoms with Gasteiger partial charge in [-0.1, -0.05) is 13.0 Å². The van der Waals surface area contributed by atoms with Crippen LogP contribution in [-0.2, 0) is 6.54 Å². The molecule has 25 heavy (non-hydrogen) atoms. The van der Waals surface area contributed by atoms with E-state index in [1.54, 1.807) is 12.3 Å². The van der Waals surface area contributed by atoms with Crippen molar-refractivity contribution in [3.63, 3.8) is 0 Å². The van der Waals surface area contributed by atoms with Gasteiger partial charge in [-0.25, -0.2) is 9.97 Å². The average Bonchev–Trinajstić information content (AvgIpc) is 2.66. The van der Waals surface area contributed by atoms with Gasteiger partial charge in [0.1, 0.15) is 17.3 Å². The van der Waals surface area contributed by atoms with Crippen molar-refractivity contribution in [2.75, 3.05) is 11.9 Å². The van der Waals surface area contributed by atoms with Gasteiger partial charge in [0.2, 0.25) is 0 Å². The van der Waals surface area contributed by atoms with Gasteiger partial charge in [-0.05, 0) is 44.2 Å². The first-order valence-electron chi connectivity index (χ1n) is 8.97. The molecule has 1 amide bonds. The second kappa shape index (κ2) is 8.05. The summed E-state index contributed by atoms with van der Waals surface area (Å²) in [7, 11) is 0. The third kappa shape index (κ3) is 4.32. The molecule has 3 heterocycles. The molecule has 6 heteroatoms. The van der Waals surface area contributed by atoms with E-state index in [9.17, 15) is 4.79 Å². The van der Waals surface area contributed by atoms with Crippen molar-refractivity contribution in [3.8, 4) is 0 Å². The van der Waals surface area contributed by atoms with Crippen molar-refractivity contribution in [1.82, 2.24) is 19.9 Å². The molecule has 0 spiro atoms. The quantitative estimate of drug-likeness (QED) is 0.906. The molecule has 1 aliphatic heterocycles. The van der Waals surface area contributed by atoms with Crippen molar-refractivity contribution >= 4 is 11.7 Å². The van der Waals surface area contributed by atoms with Crippen LogP contribution in [0.25, 0.3) is 0 Å². The molecule has 0 bridgehead atoms. The van der Waals surface area contributed by atoms with Crippen LogP contribution in [0.4, 0.5) is 5.82 Å². The average molecular weight is 339 g/mol. The summed E-state index contributed by atoms with van der Waals surface area (Å²) in [5.41, 5.74) is 1.54. The van der Waals surface area contributed by atoms with Gasteiger partial charge < -0.3 is 10.2 Å². The van der Waals surface area contributed by atoms with Crippen LogP contribution in [0.15, 0.2) is 30.6 Å². The Morgan fingerprint density at radius 3 is 3.00 bits per heavy atom. The van der Waals surface area contributed by atoms with Crippen LogP contribution in [0.5, 0.6) is 0 Å². The second-order valence-electron chi connectivity index (χ2n) is 6.46. The summed E-state index contributed by atoms with van der Waals surface area (Å²) in [5, 5.41) is 3.26. The van der Waals surface area contributed by atoms with Crippen molar-refractivity contribution in [2.24, 2.45) is 0 Å². The van der Waals surface area contributed by atoms with E-state index in [2.05, 4.69) is 27.2 Å². The van der Waals surface area contributed by atoms with Gasteiger partial charge in [0.25, 0.3) is 5.91 Å². The molecule has 2 aromatic rings. The summed E-state index contributed by atoms with van der Waals surface area (Å²) in [5.74, 6) is 1.29. The monoisotopic (exact) mass is 339 g/mol. The zero-order valence-electron chi connectivity index (χ0n) is 14.9. The Kier molecular flexibility index (Phi) is 5.58. The largest absolute Gasteiger partial charge is 0.366 e. The fraction of sp³-hybridized carbons (Fsp3) is 0.474. The SMILES string of the molecule is CCC1CCCCN1C(=O)c1cc(NCc2cccnc2)nc(C)n1. The summed E-state index contributed by atoms with van der Waals surface area (Å²) >= 11 is 0. The van der Waals surface area contributed by atoms with Gasteiger partial charge in [-0.2, -0.15) is 0 Å². The van der Waals surface area contributed by atoms with Gasteiger partial charge >= 0.3 is 0 Å². The second-order valence-corrected chi connectivity index (χ2v) is 6.46. The minimum atomic E-state index is 0.0153. The van der Waals surface area contributed by atoms with Crippen LogP contribution >= 0.6 is 0 Å². The molecular formula is C19H25N5O. The van der Waals surface area contributed by atoms with Crippen LogP contribution in [0.1, 0.15) is 54.5 Å². The highest BCUT2D eigenvalue weighted by molar-refractivity contribution is 5.93. The van der Waals surface area contributed by atoms with Gasteiger partial charge in [-0.15, -0.1) is 0 Å². The number of aryl methyl sites for hydroxylation is 1. The number of hydrogen-bond donors (Lipinski definition) is 1. The predicted molar refractivity (Wildman–Crippen MR) is 97.3 cm³/mol. The number of rotatable bonds is 5. The van der Waals surface area contributed by atoms with Crippen molar-refractivity contribution in [1.29, 1.82) is 0 Å². The highest BCUT2D eigenvalue weighted by Gasteiger charge is 2.27. The molecule has 6 nitrogen and oxygen atoms in total. The first-order chi connectivity index (χ1) is 12.2. The van der Waals surface area contributed by atoms with E-state index in [-0.39, 0.29) is 5.91 Å². The zero-order valence-corrected chi connectivity index (χ0v) is 14.9. The molecule has 3 rings (SSSR count). The van der Waals surface area contributed by atoms with Crippen molar-refractivity contribution in [2.45, 2.75) is 52.1 Å². The van der Waals surface area contributed by atoms with E-state index in [1.807, 2.05) is 30.2 Å². The van der Waals surface area contributed by atoms with E-state index in [4.69, 9.17) is 0 Å². The minimum absolute atomic E-state index is 0.0153. The lowest BCUT2D eigenvalue weighted by atomic mass is 9.99. The number of nitrogens with one attached hydrogen (secondary N) is 1. The number of carbonyl (C=O) groups is 1. The molecule has 0 radical (unpaired) electrons.